The van der Waals surface area contributed by atoms with Gasteiger partial charge in [-0.25, -0.2) is 22.5 Å². The summed E-state index contributed by atoms with van der Waals surface area (Å²) in [6.07, 6.45) is 1.87. The fourth-order valence-electron chi connectivity index (χ4n) is 10.3. The Labute approximate surface area is 426 Å². The lowest BCUT2D eigenvalue weighted by atomic mass is 9.88. The summed E-state index contributed by atoms with van der Waals surface area (Å²) in [5.74, 6) is -1.06. The molecule has 0 N–H and O–H groups in total. The second-order valence-corrected chi connectivity index (χ2v) is 19.5. The van der Waals surface area contributed by atoms with Crippen LogP contribution in [0.5, 0.6) is 11.5 Å². The number of aromatic nitrogens is 2. The summed E-state index contributed by atoms with van der Waals surface area (Å²) >= 11 is 0. The molecule has 11 aromatic rings. The minimum Gasteiger partial charge on any atom is -0.457 e. The summed E-state index contributed by atoms with van der Waals surface area (Å²) in [7, 11) is 0. The van der Waals surface area contributed by atoms with Crippen molar-refractivity contribution in [3.8, 4) is 39.6 Å². The number of hydrogen-bond acceptors (Lipinski definition) is 5. The van der Waals surface area contributed by atoms with Crippen molar-refractivity contribution in [3.63, 3.8) is 0 Å². The Morgan fingerprint density at radius 2 is 1.04 bits per heavy atom. The Morgan fingerprint density at radius 1 is 0.473 bits per heavy atom. The summed E-state index contributed by atoms with van der Waals surface area (Å²) < 4.78 is 69.7. The molecule has 0 unspecified atom stereocenters. The van der Waals surface area contributed by atoms with Crippen molar-refractivity contribution in [2.45, 2.75) is 26.2 Å². The van der Waals surface area contributed by atoms with Crippen molar-refractivity contribution >= 4 is 61.6 Å². The molecule has 0 saturated carbocycles. The van der Waals surface area contributed by atoms with Gasteiger partial charge in [0.1, 0.15) is 47.3 Å². The highest BCUT2D eigenvalue weighted by atomic mass is 19.1. The second kappa shape index (κ2) is 18.5. The largest absolute Gasteiger partial charge is 0.457 e. The molecule has 10 heteroatoms. The number of hydrogen-bond donors (Lipinski definition) is 0. The van der Waals surface area contributed by atoms with E-state index in [1.165, 1.54) is 29.8 Å². The third kappa shape index (κ3) is 8.53. The zero-order chi connectivity index (χ0) is 50.7. The fraction of sp³-hybridized carbons (Fsp3) is 0.0781. The van der Waals surface area contributed by atoms with Gasteiger partial charge < -0.3 is 19.4 Å². The van der Waals surface area contributed by atoms with Gasteiger partial charge >= 0.3 is 0 Å². The minimum absolute atomic E-state index is 0.0964. The first-order valence-corrected chi connectivity index (χ1v) is 24.4. The van der Waals surface area contributed by atoms with Gasteiger partial charge in [0.05, 0.1) is 33.8 Å². The first-order chi connectivity index (χ1) is 35.9. The average molecular weight is 978 g/mol. The lowest BCUT2D eigenvalue weighted by Crippen LogP contribution is -2.25. The molecule has 2 aromatic heterocycles. The molecule has 0 aliphatic carbocycles. The molecule has 3 heterocycles. The molecular weight excluding hydrogens is 931 g/mol. The van der Waals surface area contributed by atoms with Crippen molar-refractivity contribution in [2.75, 3.05) is 21.4 Å². The third-order valence-electron chi connectivity index (χ3n) is 13.6. The lowest BCUT2D eigenvalue weighted by molar-refractivity contribution is 0.483. The molecule has 6 nitrogen and oxygen atoms in total. The Kier molecular flexibility index (Phi) is 11.5. The van der Waals surface area contributed by atoms with Crippen LogP contribution in [0.4, 0.5) is 57.4 Å². The zero-order valence-electron chi connectivity index (χ0n) is 40.6. The van der Waals surface area contributed by atoms with Crippen LogP contribution >= 0.6 is 0 Å². The Morgan fingerprint density at radius 3 is 1.66 bits per heavy atom. The van der Waals surface area contributed by atoms with E-state index in [-0.39, 0.29) is 23.2 Å². The number of nitrogens with zero attached hydrogens (tertiary/aromatic N) is 5. The van der Waals surface area contributed by atoms with Crippen LogP contribution in [0.15, 0.2) is 219 Å². The number of anilines is 7. The molecule has 0 atom stereocenters. The third-order valence-corrected chi connectivity index (χ3v) is 13.6. The molecule has 362 valence electrons. The van der Waals surface area contributed by atoms with E-state index in [4.69, 9.17) is 9.72 Å². The van der Waals surface area contributed by atoms with Gasteiger partial charge in [0, 0.05) is 75.5 Å². The Hall–Kier alpha value is -9.15. The van der Waals surface area contributed by atoms with Gasteiger partial charge in [0.25, 0.3) is 0 Å². The van der Waals surface area contributed by atoms with Crippen LogP contribution in [0.2, 0.25) is 0 Å². The van der Waals surface area contributed by atoms with E-state index in [0.717, 1.165) is 73.9 Å². The van der Waals surface area contributed by atoms with Gasteiger partial charge in [-0.3, -0.25) is 4.57 Å². The molecule has 0 fully saturated rings. The van der Waals surface area contributed by atoms with Crippen molar-refractivity contribution < 1.29 is 22.3 Å². The van der Waals surface area contributed by atoms with Gasteiger partial charge in [-0.05, 0) is 119 Å². The Balaban J connectivity index is 1.04. The van der Waals surface area contributed by atoms with E-state index in [1.54, 1.807) is 18.2 Å². The zero-order valence-corrected chi connectivity index (χ0v) is 40.6. The summed E-state index contributed by atoms with van der Waals surface area (Å²) in [5, 5.41) is 2.15. The van der Waals surface area contributed by atoms with Crippen LogP contribution in [0.3, 0.4) is 0 Å². The number of pyridine rings is 1. The highest BCUT2D eigenvalue weighted by Gasteiger charge is 2.33. The number of para-hydroxylation sites is 6. The number of halogens is 4. The maximum atomic E-state index is 15.1. The standard InChI is InChI=1S/C64H47F4N5O/c1-64(2,3)43-27-28-69-62(33-43)73-58-22-11-10-19-56(58)57-26-25-52(39-61(57)73)74-53-37-50(36-51(38-53)72(48-15-6-4-7-16-48)49-17-8-5-9-18-49)70-40-71(60-24-13-12-23-59(60)70)63-54(41-29-44(65)34-45(66)30-41)20-14-21-55(63)42-31-46(67)35-47(68)32-42/h4-39H,40H2,1-3H3. The molecule has 12 rings (SSSR count). The molecule has 0 amide bonds. The van der Waals surface area contributed by atoms with Crippen molar-refractivity contribution in [1.82, 2.24) is 9.55 Å². The molecule has 9 aromatic carbocycles. The predicted octanol–water partition coefficient (Wildman–Crippen LogP) is 17.9. The smallest absolute Gasteiger partial charge is 0.137 e. The maximum Gasteiger partial charge on any atom is 0.137 e. The van der Waals surface area contributed by atoms with Crippen LogP contribution in [-0.4, -0.2) is 16.2 Å². The molecule has 74 heavy (non-hydrogen) atoms. The second-order valence-electron chi connectivity index (χ2n) is 19.5. The Bertz CT molecular complexity index is 3780. The molecule has 0 bridgehead atoms. The van der Waals surface area contributed by atoms with Crippen LogP contribution in [0, 0.1) is 23.3 Å². The van der Waals surface area contributed by atoms with E-state index < -0.39 is 23.3 Å². The van der Waals surface area contributed by atoms with Crippen molar-refractivity contribution in [3.05, 3.63) is 247 Å². The highest BCUT2D eigenvalue weighted by Crippen LogP contribution is 2.52. The van der Waals surface area contributed by atoms with Crippen LogP contribution in [0.25, 0.3) is 49.9 Å². The molecule has 0 saturated heterocycles. The van der Waals surface area contributed by atoms with E-state index >= 15 is 17.6 Å². The van der Waals surface area contributed by atoms with Gasteiger partial charge in [-0.2, -0.15) is 0 Å². The van der Waals surface area contributed by atoms with E-state index in [0.29, 0.717) is 28.3 Å². The summed E-state index contributed by atoms with van der Waals surface area (Å²) in [4.78, 5) is 11.3. The van der Waals surface area contributed by atoms with Crippen LogP contribution in [-0.2, 0) is 5.41 Å². The lowest BCUT2D eigenvalue weighted by Gasteiger charge is -2.29. The summed E-state index contributed by atoms with van der Waals surface area (Å²) in [5.41, 5.74) is 9.97. The number of ether oxygens (including phenoxy) is 1. The SMILES string of the molecule is CC(C)(C)c1ccnc(-n2c3ccccc3c3ccc(Oc4cc(N5CN(c6c(-c7cc(F)cc(F)c7)cccc6-c6cc(F)cc(F)c6)c6ccccc65)cc(N(c5ccccc5)c5ccccc5)c4)cc32)c1. The predicted molar refractivity (Wildman–Crippen MR) is 291 cm³/mol. The molecule has 0 radical (unpaired) electrons. The average Bonchev–Trinajstić information content (AvgIpc) is 3.96. The number of rotatable bonds is 10. The minimum atomic E-state index is -0.755. The normalized spacial score (nSPS) is 12.4. The first-order valence-electron chi connectivity index (χ1n) is 24.4. The molecule has 0 spiro atoms. The van der Waals surface area contributed by atoms with E-state index in [1.807, 2.05) is 102 Å². The van der Waals surface area contributed by atoms with E-state index in [2.05, 4.69) is 102 Å². The van der Waals surface area contributed by atoms with Crippen molar-refractivity contribution in [1.29, 1.82) is 0 Å². The molecular formula is C64H47F4N5O. The van der Waals surface area contributed by atoms with Gasteiger partial charge in [0.15, 0.2) is 0 Å². The van der Waals surface area contributed by atoms with Gasteiger partial charge in [-0.1, -0.05) is 106 Å². The first kappa shape index (κ1) is 46.0. The van der Waals surface area contributed by atoms with Crippen LogP contribution < -0.4 is 19.4 Å². The number of benzene rings is 9. The summed E-state index contributed by atoms with van der Waals surface area (Å²) in [6, 6.07) is 64.9. The number of fused-ring (bicyclic) bond motifs is 4. The van der Waals surface area contributed by atoms with E-state index in [9.17, 15) is 0 Å². The highest BCUT2D eigenvalue weighted by molar-refractivity contribution is 6.09. The van der Waals surface area contributed by atoms with Gasteiger partial charge in [0.2, 0.25) is 0 Å². The monoisotopic (exact) mass is 977 g/mol. The quantitative estimate of drug-likeness (QED) is 0.128. The van der Waals surface area contributed by atoms with Gasteiger partial charge in [-0.15, -0.1) is 0 Å². The fourth-order valence-corrected chi connectivity index (χ4v) is 10.3. The molecule has 1 aliphatic heterocycles. The molecule has 1 aliphatic rings. The van der Waals surface area contributed by atoms with Crippen LogP contribution in [0.1, 0.15) is 26.3 Å². The van der Waals surface area contributed by atoms with Crippen molar-refractivity contribution in [2.24, 2.45) is 0 Å². The maximum absolute atomic E-state index is 15.1. The topological polar surface area (TPSA) is 36.8 Å². The summed E-state index contributed by atoms with van der Waals surface area (Å²) in [6.45, 7) is 6.77.